The highest BCUT2D eigenvalue weighted by Gasteiger charge is 2.12. The normalized spacial score (nSPS) is 10.4. The highest BCUT2D eigenvalue weighted by molar-refractivity contribution is 5.91. The van der Waals surface area contributed by atoms with E-state index >= 15 is 0 Å². The molecule has 0 atom stereocenters. The van der Waals surface area contributed by atoms with Gasteiger partial charge in [0.25, 0.3) is 0 Å². The number of rotatable bonds is 2. The van der Waals surface area contributed by atoms with Gasteiger partial charge in [-0.05, 0) is 25.0 Å². The summed E-state index contributed by atoms with van der Waals surface area (Å²) >= 11 is 0. The molecular formula is C13H14N2O. The second-order valence-corrected chi connectivity index (χ2v) is 3.92. The van der Waals surface area contributed by atoms with E-state index in [9.17, 15) is 4.79 Å². The summed E-state index contributed by atoms with van der Waals surface area (Å²) in [5.41, 5.74) is 3.33. The summed E-state index contributed by atoms with van der Waals surface area (Å²) in [7, 11) is 0. The Morgan fingerprint density at radius 3 is 2.44 bits per heavy atom. The van der Waals surface area contributed by atoms with Gasteiger partial charge in [0, 0.05) is 19.3 Å². The van der Waals surface area contributed by atoms with E-state index in [1.165, 1.54) is 6.92 Å². The van der Waals surface area contributed by atoms with Crippen molar-refractivity contribution in [1.82, 2.24) is 9.55 Å². The molecule has 0 unspecified atom stereocenters. The van der Waals surface area contributed by atoms with Crippen molar-refractivity contribution in [3.8, 4) is 5.69 Å². The van der Waals surface area contributed by atoms with Crippen molar-refractivity contribution in [3.63, 3.8) is 0 Å². The maximum atomic E-state index is 11.4. The molecule has 0 saturated carbocycles. The van der Waals surface area contributed by atoms with E-state index in [0.717, 1.165) is 16.8 Å². The number of Topliss-reactive ketones (excluding diaryl/α,β-unsaturated/α-hetero) is 1. The van der Waals surface area contributed by atoms with Crippen LogP contribution in [0.25, 0.3) is 5.69 Å². The van der Waals surface area contributed by atoms with Gasteiger partial charge in [0.05, 0.1) is 5.69 Å². The monoisotopic (exact) mass is 214 g/mol. The third-order valence-electron chi connectivity index (χ3n) is 2.64. The number of para-hydroxylation sites is 1. The SMILES string of the molecule is CC(=O)c1nccn1-c1c(C)cccc1C. The molecule has 0 amide bonds. The smallest absolute Gasteiger partial charge is 0.195 e. The number of nitrogens with zero attached hydrogens (tertiary/aromatic N) is 2. The van der Waals surface area contributed by atoms with Crippen LogP contribution in [0.15, 0.2) is 30.6 Å². The van der Waals surface area contributed by atoms with E-state index in [2.05, 4.69) is 4.98 Å². The number of benzene rings is 1. The van der Waals surface area contributed by atoms with Crippen molar-refractivity contribution in [1.29, 1.82) is 0 Å². The Labute approximate surface area is 94.7 Å². The molecule has 0 saturated heterocycles. The Bertz CT molecular complexity index is 520. The summed E-state index contributed by atoms with van der Waals surface area (Å²) in [5, 5.41) is 0. The van der Waals surface area contributed by atoms with Crippen molar-refractivity contribution in [2.45, 2.75) is 20.8 Å². The molecule has 0 radical (unpaired) electrons. The lowest BCUT2D eigenvalue weighted by Gasteiger charge is -2.12. The first-order valence-corrected chi connectivity index (χ1v) is 5.22. The zero-order valence-corrected chi connectivity index (χ0v) is 9.69. The van der Waals surface area contributed by atoms with Crippen LogP contribution in [0.4, 0.5) is 0 Å². The predicted octanol–water partition coefficient (Wildman–Crippen LogP) is 2.69. The zero-order chi connectivity index (χ0) is 11.7. The molecule has 0 aliphatic carbocycles. The minimum atomic E-state index is -0.0207. The van der Waals surface area contributed by atoms with Crippen molar-refractivity contribution in [2.24, 2.45) is 0 Å². The van der Waals surface area contributed by atoms with Gasteiger partial charge in [-0.25, -0.2) is 4.98 Å². The van der Waals surface area contributed by atoms with E-state index in [-0.39, 0.29) is 5.78 Å². The molecule has 3 nitrogen and oxygen atoms in total. The van der Waals surface area contributed by atoms with E-state index in [4.69, 9.17) is 0 Å². The summed E-state index contributed by atoms with van der Waals surface area (Å²) in [4.78, 5) is 15.5. The van der Waals surface area contributed by atoms with Gasteiger partial charge in [0.2, 0.25) is 0 Å². The number of hydrogen-bond donors (Lipinski definition) is 0. The van der Waals surface area contributed by atoms with Gasteiger partial charge in [-0.1, -0.05) is 18.2 Å². The van der Waals surface area contributed by atoms with Gasteiger partial charge < -0.3 is 0 Å². The van der Waals surface area contributed by atoms with Crippen molar-refractivity contribution in [2.75, 3.05) is 0 Å². The second kappa shape index (κ2) is 3.93. The lowest BCUT2D eigenvalue weighted by molar-refractivity contribution is 0.100. The first-order chi connectivity index (χ1) is 7.61. The average Bonchev–Trinajstić information content (AvgIpc) is 2.66. The van der Waals surface area contributed by atoms with Gasteiger partial charge in [0.15, 0.2) is 11.6 Å². The maximum Gasteiger partial charge on any atom is 0.195 e. The Morgan fingerprint density at radius 2 is 1.88 bits per heavy atom. The molecule has 0 spiro atoms. The zero-order valence-electron chi connectivity index (χ0n) is 9.69. The molecule has 3 heteroatoms. The van der Waals surface area contributed by atoms with E-state index in [1.54, 1.807) is 6.20 Å². The molecule has 0 N–H and O–H groups in total. The van der Waals surface area contributed by atoms with E-state index in [0.29, 0.717) is 5.82 Å². The standard InChI is InChI=1S/C13H14N2O/c1-9-5-4-6-10(2)12(9)15-8-7-14-13(15)11(3)16/h4-8H,1-3H3. The maximum absolute atomic E-state index is 11.4. The van der Waals surface area contributed by atoms with Crippen LogP contribution in [0, 0.1) is 13.8 Å². The van der Waals surface area contributed by atoms with Crippen LogP contribution < -0.4 is 0 Å². The molecule has 0 aliphatic heterocycles. The number of hydrogen-bond acceptors (Lipinski definition) is 2. The predicted molar refractivity (Wildman–Crippen MR) is 63.0 cm³/mol. The molecule has 16 heavy (non-hydrogen) atoms. The van der Waals surface area contributed by atoms with Crippen LogP contribution in [-0.4, -0.2) is 15.3 Å². The van der Waals surface area contributed by atoms with Gasteiger partial charge in [-0.3, -0.25) is 9.36 Å². The van der Waals surface area contributed by atoms with Crippen LogP contribution in [-0.2, 0) is 0 Å². The fourth-order valence-corrected chi connectivity index (χ4v) is 1.93. The van der Waals surface area contributed by atoms with Crippen LogP contribution in [0.2, 0.25) is 0 Å². The Morgan fingerprint density at radius 1 is 1.25 bits per heavy atom. The number of ketones is 1. The molecule has 0 fully saturated rings. The molecule has 1 aromatic carbocycles. The van der Waals surface area contributed by atoms with E-state index < -0.39 is 0 Å². The van der Waals surface area contributed by atoms with Crippen molar-refractivity contribution in [3.05, 3.63) is 47.5 Å². The second-order valence-electron chi connectivity index (χ2n) is 3.92. The van der Waals surface area contributed by atoms with E-state index in [1.807, 2.05) is 42.8 Å². The summed E-state index contributed by atoms with van der Waals surface area (Å²) in [6, 6.07) is 6.08. The molecule has 0 aliphatic rings. The minimum absolute atomic E-state index is 0.0207. The van der Waals surface area contributed by atoms with Gasteiger partial charge in [-0.15, -0.1) is 0 Å². The van der Waals surface area contributed by atoms with Crippen LogP contribution in [0.5, 0.6) is 0 Å². The molecular weight excluding hydrogens is 200 g/mol. The molecule has 2 aromatic rings. The highest BCUT2D eigenvalue weighted by Crippen LogP contribution is 2.20. The number of carbonyl (C=O) groups is 1. The average molecular weight is 214 g/mol. The van der Waals surface area contributed by atoms with Gasteiger partial charge >= 0.3 is 0 Å². The summed E-state index contributed by atoms with van der Waals surface area (Å²) in [5.74, 6) is 0.463. The van der Waals surface area contributed by atoms with Crippen LogP contribution >= 0.6 is 0 Å². The summed E-state index contributed by atoms with van der Waals surface area (Å²) in [6.07, 6.45) is 3.48. The largest absolute Gasteiger partial charge is 0.297 e. The number of carbonyl (C=O) groups excluding carboxylic acids is 1. The lowest BCUT2D eigenvalue weighted by Crippen LogP contribution is -2.07. The third kappa shape index (κ3) is 1.65. The van der Waals surface area contributed by atoms with Crippen LogP contribution in [0.3, 0.4) is 0 Å². The molecule has 82 valence electrons. The molecule has 0 bridgehead atoms. The number of aryl methyl sites for hydroxylation is 2. The third-order valence-corrected chi connectivity index (χ3v) is 2.64. The Kier molecular flexibility index (Phi) is 2.60. The number of imidazole rings is 1. The molecule has 1 aromatic heterocycles. The first-order valence-electron chi connectivity index (χ1n) is 5.22. The quantitative estimate of drug-likeness (QED) is 0.720. The van der Waals surface area contributed by atoms with Gasteiger partial charge in [-0.2, -0.15) is 0 Å². The fraction of sp³-hybridized carbons (Fsp3) is 0.231. The minimum Gasteiger partial charge on any atom is -0.297 e. The fourth-order valence-electron chi connectivity index (χ4n) is 1.93. The summed E-state index contributed by atoms with van der Waals surface area (Å²) in [6.45, 7) is 5.60. The molecule has 1 heterocycles. The molecule has 2 rings (SSSR count). The lowest BCUT2D eigenvalue weighted by atomic mass is 10.1. The van der Waals surface area contributed by atoms with Gasteiger partial charge in [0.1, 0.15) is 0 Å². The first kappa shape index (κ1) is 10.6. The number of aromatic nitrogens is 2. The van der Waals surface area contributed by atoms with Crippen LogP contribution in [0.1, 0.15) is 28.7 Å². The van der Waals surface area contributed by atoms with Crippen molar-refractivity contribution < 1.29 is 4.79 Å². The topological polar surface area (TPSA) is 34.9 Å². The summed E-state index contributed by atoms with van der Waals surface area (Å²) < 4.78 is 1.85. The highest BCUT2D eigenvalue weighted by atomic mass is 16.1. The Balaban J connectivity index is 2.68. The van der Waals surface area contributed by atoms with Crippen molar-refractivity contribution >= 4 is 5.78 Å². The Hall–Kier alpha value is -1.90.